The van der Waals surface area contributed by atoms with Gasteiger partial charge in [-0.25, -0.2) is 4.79 Å². The van der Waals surface area contributed by atoms with Crippen LogP contribution in [0.25, 0.3) is 0 Å². The van der Waals surface area contributed by atoms with E-state index in [0.717, 1.165) is 18.5 Å². The normalized spacial score (nSPS) is 10.3. The number of hydrogen-bond donors (Lipinski definition) is 1. The molecule has 1 aromatic heterocycles. The third kappa shape index (κ3) is 2.26. The number of nitrogens with zero attached hydrogens (tertiary/aromatic N) is 1. The van der Waals surface area contributed by atoms with Gasteiger partial charge in [-0.2, -0.15) is 0 Å². The van der Waals surface area contributed by atoms with E-state index in [-0.39, 0.29) is 5.56 Å². The summed E-state index contributed by atoms with van der Waals surface area (Å²) in [6, 6.07) is 3.11. The molecule has 0 radical (unpaired) electrons. The summed E-state index contributed by atoms with van der Waals surface area (Å²) in [7, 11) is 0. The van der Waals surface area contributed by atoms with Crippen molar-refractivity contribution < 1.29 is 9.90 Å². The second kappa shape index (κ2) is 4.77. The van der Waals surface area contributed by atoms with Gasteiger partial charge >= 0.3 is 5.97 Å². The number of rotatable bonds is 4. The first-order chi connectivity index (χ1) is 7.11. The van der Waals surface area contributed by atoms with Gasteiger partial charge in [0.05, 0.1) is 0 Å². The van der Waals surface area contributed by atoms with E-state index in [4.69, 9.17) is 5.11 Å². The van der Waals surface area contributed by atoms with Gasteiger partial charge in [0.25, 0.3) is 5.56 Å². The molecule has 1 N–H and O–H groups in total. The fourth-order valence-electron chi connectivity index (χ4n) is 1.60. The number of hydrogen-bond acceptors (Lipinski definition) is 2. The minimum Gasteiger partial charge on any atom is -0.477 e. The number of pyridine rings is 1. The first-order valence-corrected chi connectivity index (χ1v) is 5.07. The van der Waals surface area contributed by atoms with Gasteiger partial charge in [-0.05, 0) is 25.5 Å². The Kier molecular flexibility index (Phi) is 3.66. The first-order valence-electron chi connectivity index (χ1n) is 5.07. The van der Waals surface area contributed by atoms with Crippen molar-refractivity contribution in [3.05, 3.63) is 33.7 Å². The van der Waals surface area contributed by atoms with Crippen molar-refractivity contribution in [2.45, 2.75) is 33.2 Å². The van der Waals surface area contributed by atoms with Crippen LogP contribution in [0.2, 0.25) is 0 Å². The number of carboxylic acid groups (broad SMARTS) is 1. The predicted octanol–water partition coefficient (Wildman–Crippen LogP) is 1.52. The van der Waals surface area contributed by atoms with Gasteiger partial charge in [0, 0.05) is 12.2 Å². The van der Waals surface area contributed by atoms with Crippen molar-refractivity contribution in [3.63, 3.8) is 0 Å². The van der Waals surface area contributed by atoms with Crippen molar-refractivity contribution in [1.29, 1.82) is 0 Å². The molecule has 1 aromatic rings. The Morgan fingerprint density at radius 3 is 2.53 bits per heavy atom. The molecule has 1 heterocycles. The molecule has 0 aliphatic carbocycles. The zero-order valence-electron chi connectivity index (χ0n) is 8.99. The van der Waals surface area contributed by atoms with E-state index in [0.29, 0.717) is 6.54 Å². The van der Waals surface area contributed by atoms with Gasteiger partial charge in [0.1, 0.15) is 5.56 Å². The van der Waals surface area contributed by atoms with Gasteiger partial charge in [-0.15, -0.1) is 0 Å². The largest absolute Gasteiger partial charge is 0.477 e. The zero-order chi connectivity index (χ0) is 11.4. The average Bonchev–Trinajstić information content (AvgIpc) is 2.18. The van der Waals surface area contributed by atoms with Gasteiger partial charge in [0.15, 0.2) is 0 Å². The minimum atomic E-state index is -1.16. The minimum absolute atomic E-state index is 0.156. The maximum atomic E-state index is 11.7. The molecule has 4 heteroatoms. The molecular formula is C11H15NO3. The Morgan fingerprint density at radius 2 is 2.07 bits per heavy atom. The molecule has 0 unspecified atom stereocenters. The Bertz CT molecular complexity index is 420. The highest BCUT2D eigenvalue weighted by atomic mass is 16.4. The number of aromatic carboxylic acids is 1. The molecule has 1 rings (SSSR count). The van der Waals surface area contributed by atoms with E-state index in [2.05, 4.69) is 0 Å². The van der Waals surface area contributed by atoms with Crippen LogP contribution >= 0.6 is 0 Å². The number of carboxylic acids is 1. The maximum Gasteiger partial charge on any atom is 0.341 e. The van der Waals surface area contributed by atoms with E-state index in [1.807, 2.05) is 13.8 Å². The summed E-state index contributed by atoms with van der Waals surface area (Å²) in [6.07, 6.45) is 1.73. The van der Waals surface area contributed by atoms with Gasteiger partial charge in [-0.3, -0.25) is 4.79 Å². The highest BCUT2D eigenvalue weighted by Gasteiger charge is 2.12. The van der Waals surface area contributed by atoms with Crippen LogP contribution < -0.4 is 5.56 Å². The molecule has 0 saturated heterocycles. The monoisotopic (exact) mass is 209 g/mol. The third-order valence-corrected chi connectivity index (χ3v) is 2.32. The molecule has 0 amide bonds. The van der Waals surface area contributed by atoms with Crippen molar-refractivity contribution in [1.82, 2.24) is 4.57 Å². The second-order valence-corrected chi connectivity index (χ2v) is 3.34. The fraction of sp³-hybridized carbons (Fsp3) is 0.455. The third-order valence-electron chi connectivity index (χ3n) is 2.32. The van der Waals surface area contributed by atoms with E-state index < -0.39 is 11.5 Å². The molecule has 0 fully saturated rings. The smallest absolute Gasteiger partial charge is 0.341 e. The molecule has 0 saturated carbocycles. The number of aromatic nitrogens is 1. The summed E-state index contributed by atoms with van der Waals surface area (Å²) >= 11 is 0. The summed E-state index contributed by atoms with van der Waals surface area (Å²) < 4.78 is 1.52. The molecule has 0 bridgehead atoms. The van der Waals surface area contributed by atoms with Crippen LogP contribution in [0.1, 0.15) is 36.3 Å². The van der Waals surface area contributed by atoms with Crippen molar-refractivity contribution in [2.24, 2.45) is 0 Å². The topological polar surface area (TPSA) is 59.3 Å². The lowest BCUT2D eigenvalue weighted by molar-refractivity contribution is 0.0694. The Labute approximate surface area is 88.2 Å². The molecular weight excluding hydrogens is 194 g/mol. The standard InChI is InChI=1S/C11H15NO3/c1-3-5-8-6-7-9(11(14)15)10(13)12(8)4-2/h6-7H,3-5H2,1-2H3,(H,14,15). The van der Waals surface area contributed by atoms with Crippen LogP contribution in [0.3, 0.4) is 0 Å². The highest BCUT2D eigenvalue weighted by Crippen LogP contribution is 2.03. The van der Waals surface area contributed by atoms with Crippen LogP contribution in [0.15, 0.2) is 16.9 Å². The van der Waals surface area contributed by atoms with E-state index in [1.54, 1.807) is 6.07 Å². The van der Waals surface area contributed by atoms with Crippen LogP contribution in [0, 0.1) is 0 Å². The van der Waals surface area contributed by atoms with Crippen molar-refractivity contribution in [3.8, 4) is 0 Å². The second-order valence-electron chi connectivity index (χ2n) is 3.34. The van der Waals surface area contributed by atoms with E-state index in [1.165, 1.54) is 10.6 Å². The molecule has 82 valence electrons. The molecule has 0 aliphatic rings. The lowest BCUT2D eigenvalue weighted by Gasteiger charge is -2.10. The van der Waals surface area contributed by atoms with E-state index in [9.17, 15) is 9.59 Å². The van der Waals surface area contributed by atoms with Crippen LogP contribution in [-0.4, -0.2) is 15.6 Å². The first kappa shape index (κ1) is 11.5. The van der Waals surface area contributed by atoms with Crippen LogP contribution in [0.5, 0.6) is 0 Å². The van der Waals surface area contributed by atoms with Crippen LogP contribution in [0.4, 0.5) is 0 Å². The Balaban J connectivity index is 3.33. The fourth-order valence-corrected chi connectivity index (χ4v) is 1.60. The summed E-state index contributed by atoms with van der Waals surface area (Å²) in [5, 5.41) is 8.79. The maximum absolute atomic E-state index is 11.7. The molecule has 15 heavy (non-hydrogen) atoms. The van der Waals surface area contributed by atoms with E-state index >= 15 is 0 Å². The van der Waals surface area contributed by atoms with Gasteiger partial charge in [-0.1, -0.05) is 13.3 Å². The van der Waals surface area contributed by atoms with Gasteiger partial charge in [0.2, 0.25) is 0 Å². The van der Waals surface area contributed by atoms with Crippen molar-refractivity contribution >= 4 is 5.97 Å². The Morgan fingerprint density at radius 1 is 1.40 bits per heavy atom. The highest BCUT2D eigenvalue weighted by molar-refractivity contribution is 5.87. The summed E-state index contributed by atoms with van der Waals surface area (Å²) in [4.78, 5) is 22.5. The zero-order valence-corrected chi connectivity index (χ0v) is 8.99. The van der Waals surface area contributed by atoms with Gasteiger partial charge < -0.3 is 9.67 Å². The van der Waals surface area contributed by atoms with Crippen molar-refractivity contribution in [2.75, 3.05) is 0 Å². The molecule has 0 atom stereocenters. The summed E-state index contributed by atoms with van der Waals surface area (Å²) in [5.74, 6) is -1.16. The average molecular weight is 209 g/mol. The Hall–Kier alpha value is -1.58. The predicted molar refractivity (Wildman–Crippen MR) is 57.3 cm³/mol. The number of carbonyl (C=O) groups is 1. The molecule has 4 nitrogen and oxygen atoms in total. The lowest BCUT2D eigenvalue weighted by Crippen LogP contribution is -2.28. The number of aryl methyl sites for hydroxylation is 1. The summed E-state index contributed by atoms with van der Waals surface area (Å²) in [5.41, 5.74) is 0.336. The SMILES string of the molecule is CCCc1ccc(C(=O)O)c(=O)n1CC. The quantitative estimate of drug-likeness (QED) is 0.817. The lowest BCUT2D eigenvalue weighted by atomic mass is 10.2. The van der Waals surface area contributed by atoms with Crippen LogP contribution in [-0.2, 0) is 13.0 Å². The molecule has 0 aliphatic heterocycles. The molecule has 0 aromatic carbocycles. The summed E-state index contributed by atoms with van der Waals surface area (Å²) in [6.45, 7) is 4.37. The molecule has 0 spiro atoms.